The van der Waals surface area contributed by atoms with Gasteiger partial charge in [0.2, 0.25) is 0 Å². The molecule has 25 heavy (non-hydrogen) atoms. The van der Waals surface area contributed by atoms with E-state index in [-0.39, 0.29) is 6.04 Å². The van der Waals surface area contributed by atoms with Gasteiger partial charge in [-0.1, -0.05) is 60.7 Å². The first-order valence-electron chi connectivity index (χ1n) is 8.45. The third kappa shape index (κ3) is 5.10. The van der Waals surface area contributed by atoms with Gasteiger partial charge in [0, 0.05) is 12.1 Å². The van der Waals surface area contributed by atoms with Gasteiger partial charge in [-0.2, -0.15) is 0 Å². The molecule has 0 radical (unpaired) electrons. The lowest BCUT2D eigenvalue weighted by atomic mass is 10.1. The standard InChI is InChI=1S/C22H23NO2/c1-17(23)20-12-21(24-15-18-8-4-2-5-9-18)14-22(13-20)25-16-19-10-6-3-7-11-19/h2-14,17H,15-16,23H2,1H3/t17-/m0/s1. The van der Waals surface area contributed by atoms with Crippen molar-refractivity contribution in [2.45, 2.75) is 26.2 Å². The Morgan fingerprint density at radius 2 is 1.16 bits per heavy atom. The molecular weight excluding hydrogens is 310 g/mol. The summed E-state index contributed by atoms with van der Waals surface area (Å²) >= 11 is 0. The van der Waals surface area contributed by atoms with Crippen molar-refractivity contribution in [2.75, 3.05) is 0 Å². The second-order valence-corrected chi connectivity index (χ2v) is 6.07. The summed E-state index contributed by atoms with van der Waals surface area (Å²) in [6, 6.07) is 26.0. The number of benzene rings is 3. The Bertz CT molecular complexity index is 724. The molecule has 0 saturated carbocycles. The SMILES string of the molecule is C[C@H](N)c1cc(OCc2ccccc2)cc(OCc2ccccc2)c1. The molecule has 0 heterocycles. The summed E-state index contributed by atoms with van der Waals surface area (Å²) in [5.74, 6) is 1.53. The van der Waals surface area contributed by atoms with Crippen molar-refractivity contribution >= 4 is 0 Å². The molecule has 128 valence electrons. The molecule has 1 atom stereocenters. The minimum Gasteiger partial charge on any atom is -0.489 e. The summed E-state index contributed by atoms with van der Waals surface area (Å²) in [7, 11) is 0. The van der Waals surface area contributed by atoms with Gasteiger partial charge in [0.15, 0.2) is 0 Å². The van der Waals surface area contributed by atoms with E-state index < -0.39 is 0 Å². The minimum atomic E-state index is -0.0839. The zero-order chi connectivity index (χ0) is 17.5. The van der Waals surface area contributed by atoms with E-state index in [1.54, 1.807) is 0 Å². The topological polar surface area (TPSA) is 44.5 Å². The minimum absolute atomic E-state index is 0.0839. The van der Waals surface area contributed by atoms with Gasteiger partial charge in [0.1, 0.15) is 24.7 Å². The zero-order valence-electron chi connectivity index (χ0n) is 14.4. The van der Waals surface area contributed by atoms with Crippen LogP contribution in [0.25, 0.3) is 0 Å². The molecule has 2 N–H and O–H groups in total. The van der Waals surface area contributed by atoms with Crippen LogP contribution in [0, 0.1) is 0 Å². The highest BCUT2D eigenvalue weighted by Gasteiger charge is 2.07. The molecule has 3 aromatic rings. The van der Waals surface area contributed by atoms with E-state index in [1.165, 1.54) is 0 Å². The van der Waals surface area contributed by atoms with Crippen LogP contribution >= 0.6 is 0 Å². The summed E-state index contributed by atoms with van der Waals surface area (Å²) in [6.45, 7) is 2.99. The van der Waals surface area contributed by atoms with Gasteiger partial charge < -0.3 is 15.2 Å². The van der Waals surface area contributed by atoms with E-state index >= 15 is 0 Å². The smallest absolute Gasteiger partial charge is 0.123 e. The molecule has 0 saturated heterocycles. The molecule has 0 unspecified atom stereocenters. The molecule has 0 aromatic heterocycles. The zero-order valence-corrected chi connectivity index (χ0v) is 14.4. The lowest BCUT2D eigenvalue weighted by Crippen LogP contribution is -2.06. The number of nitrogens with two attached hydrogens (primary N) is 1. The lowest BCUT2D eigenvalue weighted by Gasteiger charge is -2.14. The van der Waals surface area contributed by atoms with E-state index in [2.05, 4.69) is 0 Å². The normalized spacial score (nSPS) is 11.8. The van der Waals surface area contributed by atoms with Gasteiger partial charge in [0.05, 0.1) is 0 Å². The molecule has 0 aliphatic heterocycles. The van der Waals surface area contributed by atoms with Crippen LogP contribution in [0.5, 0.6) is 11.5 Å². The highest BCUT2D eigenvalue weighted by Crippen LogP contribution is 2.27. The predicted octanol–water partition coefficient (Wildman–Crippen LogP) is 4.86. The number of hydrogen-bond donors (Lipinski definition) is 1. The number of rotatable bonds is 7. The van der Waals surface area contributed by atoms with Gasteiger partial charge in [-0.05, 0) is 35.7 Å². The summed E-state index contributed by atoms with van der Waals surface area (Å²) < 4.78 is 11.9. The Hall–Kier alpha value is -2.78. The summed E-state index contributed by atoms with van der Waals surface area (Å²) in [5, 5.41) is 0. The van der Waals surface area contributed by atoms with E-state index in [1.807, 2.05) is 85.8 Å². The number of ether oxygens (including phenoxy) is 2. The van der Waals surface area contributed by atoms with Crippen molar-refractivity contribution < 1.29 is 9.47 Å². The quantitative estimate of drug-likeness (QED) is 0.671. The summed E-state index contributed by atoms with van der Waals surface area (Å²) in [6.07, 6.45) is 0. The fourth-order valence-corrected chi connectivity index (χ4v) is 2.51. The Morgan fingerprint density at radius 1 is 0.720 bits per heavy atom. The van der Waals surface area contributed by atoms with Gasteiger partial charge in [-0.25, -0.2) is 0 Å². The molecule has 3 nitrogen and oxygen atoms in total. The first-order chi connectivity index (χ1) is 12.2. The van der Waals surface area contributed by atoms with Gasteiger partial charge >= 0.3 is 0 Å². The van der Waals surface area contributed by atoms with E-state index in [4.69, 9.17) is 15.2 Å². The van der Waals surface area contributed by atoms with Crippen molar-refractivity contribution in [1.82, 2.24) is 0 Å². The van der Waals surface area contributed by atoms with E-state index in [9.17, 15) is 0 Å². The van der Waals surface area contributed by atoms with Crippen molar-refractivity contribution in [3.05, 3.63) is 95.6 Å². The maximum Gasteiger partial charge on any atom is 0.123 e. The molecule has 3 heteroatoms. The van der Waals surface area contributed by atoms with Crippen LogP contribution < -0.4 is 15.2 Å². The molecule has 0 bridgehead atoms. The van der Waals surface area contributed by atoms with Gasteiger partial charge in [-0.3, -0.25) is 0 Å². The average molecular weight is 333 g/mol. The van der Waals surface area contributed by atoms with Crippen LogP contribution in [0.4, 0.5) is 0 Å². The van der Waals surface area contributed by atoms with Crippen LogP contribution in [-0.2, 0) is 13.2 Å². The Balaban J connectivity index is 1.72. The summed E-state index contributed by atoms with van der Waals surface area (Å²) in [5.41, 5.74) is 9.30. The fraction of sp³-hybridized carbons (Fsp3) is 0.182. The van der Waals surface area contributed by atoms with Crippen LogP contribution in [0.15, 0.2) is 78.9 Å². The van der Waals surface area contributed by atoms with Crippen molar-refractivity contribution in [3.63, 3.8) is 0 Å². The summed E-state index contributed by atoms with van der Waals surface area (Å²) in [4.78, 5) is 0. The maximum atomic E-state index is 6.05. The fourth-order valence-electron chi connectivity index (χ4n) is 2.51. The first kappa shape index (κ1) is 17.1. The molecule has 0 aliphatic carbocycles. The highest BCUT2D eigenvalue weighted by molar-refractivity contribution is 5.40. The van der Waals surface area contributed by atoms with Crippen LogP contribution in [0.1, 0.15) is 29.7 Å². The number of hydrogen-bond acceptors (Lipinski definition) is 3. The van der Waals surface area contributed by atoms with Crippen LogP contribution in [0.2, 0.25) is 0 Å². The molecule has 3 aromatic carbocycles. The lowest BCUT2D eigenvalue weighted by molar-refractivity contribution is 0.289. The molecule has 0 spiro atoms. The van der Waals surface area contributed by atoms with E-state index in [0.717, 1.165) is 28.2 Å². The highest BCUT2D eigenvalue weighted by atomic mass is 16.5. The second kappa shape index (κ2) is 8.36. The van der Waals surface area contributed by atoms with Gasteiger partial charge in [-0.15, -0.1) is 0 Å². The first-order valence-corrected chi connectivity index (χ1v) is 8.45. The Kier molecular flexibility index (Phi) is 5.70. The Labute approximate surface area is 149 Å². The van der Waals surface area contributed by atoms with Crippen LogP contribution in [-0.4, -0.2) is 0 Å². The predicted molar refractivity (Wildman–Crippen MR) is 101 cm³/mol. The van der Waals surface area contributed by atoms with Crippen molar-refractivity contribution in [3.8, 4) is 11.5 Å². The molecular formula is C22H23NO2. The molecule has 3 rings (SSSR count). The third-order valence-corrected chi connectivity index (χ3v) is 3.92. The molecule has 0 amide bonds. The molecule has 0 fully saturated rings. The largest absolute Gasteiger partial charge is 0.489 e. The second-order valence-electron chi connectivity index (χ2n) is 6.07. The monoisotopic (exact) mass is 333 g/mol. The van der Waals surface area contributed by atoms with E-state index in [0.29, 0.717) is 13.2 Å². The Morgan fingerprint density at radius 3 is 1.56 bits per heavy atom. The molecule has 0 aliphatic rings. The third-order valence-electron chi connectivity index (χ3n) is 3.92. The average Bonchev–Trinajstić information content (AvgIpc) is 2.66. The van der Waals surface area contributed by atoms with Crippen molar-refractivity contribution in [1.29, 1.82) is 0 Å². The van der Waals surface area contributed by atoms with Crippen LogP contribution in [0.3, 0.4) is 0 Å². The maximum absolute atomic E-state index is 6.05. The van der Waals surface area contributed by atoms with Crippen molar-refractivity contribution in [2.24, 2.45) is 5.73 Å². The van der Waals surface area contributed by atoms with Gasteiger partial charge in [0.25, 0.3) is 0 Å².